The zero-order valence-electron chi connectivity index (χ0n) is 23.4. The number of hydrogen-bond acceptors (Lipinski definition) is 7. The second kappa shape index (κ2) is 13.8. The first kappa shape index (κ1) is 31.1. The number of aryl methyl sites for hydroxylation is 1. The van der Waals surface area contributed by atoms with E-state index in [1.165, 1.54) is 24.1 Å². The Morgan fingerprint density at radius 3 is 2.29 bits per heavy atom. The third-order valence-electron chi connectivity index (χ3n) is 6.38. The number of hydrogen-bond donors (Lipinski definition) is 1. The SMILES string of the molecule is CCNC(=O)C(Cc1ccccc1)N(Cc1cccc(C)c1)C(=O)CN(c1cc([N+](=O)[O-])ccc1OC)S(C)(=O)=O. The van der Waals surface area contributed by atoms with Crippen LogP contribution in [0.1, 0.15) is 23.6 Å². The minimum atomic E-state index is -4.13. The molecule has 1 atom stereocenters. The van der Waals surface area contributed by atoms with Gasteiger partial charge in [-0.2, -0.15) is 0 Å². The van der Waals surface area contributed by atoms with Gasteiger partial charge in [-0.1, -0.05) is 60.2 Å². The van der Waals surface area contributed by atoms with Gasteiger partial charge in [-0.25, -0.2) is 8.42 Å². The van der Waals surface area contributed by atoms with Crippen LogP contribution in [0.15, 0.2) is 72.8 Å². The minimum absolute atomic E-state index is 0.0266. The number of nitro groups is 1. The highest BCUT2D eigenvalue weighted by Gasteiger charge is 2.34. The van der Waals surface area contributed by atoms with E-state index < -0.39 is 39.3 Å². The molecule has 3 aromatic rings. The van der Waals surface area contributed by atoms with E-state index in [4.69, 9.17) is 4.74 Å². The number of amides is 2. The van der Waals surface area contributed by atoms with E-state index in [2.05, 4.69) is 5.32 Å². The number of anilines is 1. The number of rotatable bonds is 13. The molecule has 0 spiro atoms. The molecule has 0 heterocycles. The van der Waals surface area contributed by atoms with Gasteiger partial charge in [-0.05, 0) is 31.0 Å². The predicted molar refractivity (Wildman–Crippen MR) is 156 cm³/mol. The van der Waals surface area contributed by atoms with Gasteiger partial charge in [0.15, 0.2) is 0 Å². The smallest absolute Gasteiger partial charge is 0.271 e. The van der Waals surface area contributed by atoms with Gasteiger partial charge in [0.1, 0.15) is 24.0 Å². The van der Waals surface area contributed by atoms with Gasteiger partial charge in [0.25, 0.3) is 5.69 Å². The molecule has 0 fully saturated rings. The summed E-state index contributed by atoms with van der Waals surface area (Å²) in [6.07, 6.45) is 1.08. The first-order valence-corrected chi connectivity index (χ1v) is 14.8. The van der Waals surface area contributed by atoms with Crippen molar-refractivity contribution >= 4 is 33.2 Å². The Morgan fingerprint density at radius 1 is 1.02 bits per heavy atom. The maximum Gasteiger partial charge on any atom is 0.271 e. The van der Waals surface area contributed by atoms with Crippen molar-refractivity contribution in [3.8, 4) is 5.75 Å². The van der Waals surface area contributed by atoms with E-state index in [0.29, 0.717) is 6.54 Å². The van der Waals surface area contributed by atoms with Crippen LogP contribution in [0.4, 0.5) is 11.4 Å². The first-order chi connectivity index (χ1) is 19.4. The monoisotopic (exact) mass is 582 g/mol. The van der Waals surface area contributed by atoms with Crippen LogP contribution in [0.3, 0.4) is 0 Å². The summed E-state index contributed by atoms with van der Waals surface area (Å²) in [5.74, 6) is -1.03. The average molecular weight is 583 g/mol. The van der Waals surface area contributed by atoms with Crippen LogP contribution in [0.5, 0.6) is 5.75 Å². The second-order valence-corrected chi connectivity index (χ2v) is 11.4. The Balaban J connectivity index is 2.11. The number of likely N-dealkylation sites (N-methyl/N-ethyl adjacent to an activating group) is 1. The zero-order chi connectivity index (χ0) is 30.2. The number of non-ortho nitro benzene ring substituents is 1. The fraction of sp³-hybridized carbons (Fsp3) is 0.310. The molecule has 2 amide bonds. The topological polar surface area (TPSA) is 139 Å². The summed E-state index contributed by atoms with van der Waals surface area (Å²) in [6.45, 7) is 3.31. The fourth-order valence-electron chi connectivity index (χ4n) is 4.43. The lowest BCUT2D eigenvalue weighted by Gasteiger charge is -2.33. The predicted octanol–water partition coefficient (Wildman–Crippen LogP) is 3.45. The zero-order valence-corrected chi connectivity index (χ0v) is 24.3. The number of nitrogens with zero attached hydrogens (tertiary/aromatic N) is 3. The lowest BCUT2D eigenvalue weighted by Crippen LogP contribution is -2.53. The maximum absolute atomic E-state index is 14.1. The van der Waals surface area contributed by atoms with Gasteiger partial charge in [0, 0.05) is 31.6 Å². The van der Waals surface area contributed by atoms with Crippen molar-refractivity contribution in [1.82, 2.24) is 10.2 Å². The molecule has 0 aliphatic carbocycles. The Kier molecular flexibility index (Phi) is 10.4. The van der Waals surface area contributed by atoms with Gasteiger partial charge < -0.3 is 15.0 Å². The van der Waals surface area contributed by atoms with Crippen molar-refractivity contribution in [2.75, 3.05) is 30.8 Å². The van der Waals surface area contributed by atoms with Crippen molar-refractivity contribution in [3.05, 3.63) is 99.6 Å². The van der Waals surface area contributed by atoms with Gasteiger partial charge >= 0.3 is 0 Å². The summed E-state index contributed by atoms with van der Waals surface area (Å²) >= 11 is 0. The molecule has 0 saturated heterocycles. The van der Waals surface area contributed by atoms with E-state index in [-0.39, 0.29) is 30.1 Å². The van der Waals surface area contributed by atoms with Gasteiger partial charge in [-0.15, -0.1) is 0 Å². The van der Waals surface area contributed by atoms with E-state index in [9.17, 15) is 28.1 Å². The normalized spacial score (nSPS) is 11.8. The summed E-state index contributed by atoms with van der Waals surface area (Å²) in [5, 5.41) is 14.3. The van der Waals surface area contributed by atoms with Gasteiger partial charge in [-0.3, -0.25) is 24.0 Å². The molecule has 0 aliphatic heterocycles. The van der Waals surface area contributed by atoms with Crippen LogP contribution in [-0.4, -0.2) is 62.6 Å². The van der Waals surface area contributed by atoms with Crippen molar-refractivity contribution in [2.24, 2.45) is 0 Å². The summed E-state index contributed by atoms with van der Waals surface area (Å²) in [5.41, 5.74) is 1.98. The Labute approximate surface area is 239 Å². The maximum atomic E-state index is 14.1. The molecular weight excluding hydrogens is 548 g/mol. The molecule has 218 valence electrons. The Bertz CT molecular complexity index is 1500. The van der Waals surface area contributed by atoms with Crippen molar-refractivity contribution < 1.29 is 27.7 Å². The molecular formula is C29H34N4O7S. The number of benzene rings is 3. The first-order valence-electron chi connectivity index (χ1n) is 12.9. The molecule has 3 rings (SSSR count). The van der Waals surface area contributed by atoms with E-state index in [1.54, 1.807) is 6.92 Å². The summed E-state index contributed by atoms with van der Waals surface area (Å²) in [4.78, 5) is 39.6. The lowest BCUT2D eigenvalue weighted by molar-refractivity contribution is -0.384. The molecule has 0 aliphatic rings. The minimum Gasteiger partial charge on any atom is -0.495 e. The number of carbonyl (C=O) groups excluding carboxylic acids is 2. The third-order valence-corrected chi connectivity index (χ3v) is 7.51. The molecule has 1 N–H and O–H groups in total. The molecule has 12 heteroatoms. The standard InChI is InChI=1S/C29H34N4O7S/c1-5-30-29(35)26(17-22-11-7-6-8-12-22)31(19-23-13-9-10-21(2)16-23)28(34)20-32(41(4,38)39)25-18-24(33(36)37)14-15-27(25)40-3/h6-16,18,26H,5,17,19-20H2,1-4H3,(H,30,35). The number of nitro benzene ring substituents is 1. The van der Waals surface area contributed by atoms with Crippen LogP contribution in [0.25, 0.3) is 0 Å². The van der Waals surface area contributed by atoms with E-state index >= 15 is 0 Å². The highest BCUT2D eigenvalue weighted by atomic mass is 32.2. The highest BCUT2D eigenvalue weighted by Crippen LogP contribution is 2.34. The molecule has 1 unspecified atom stereocenters. The third kappa shape index (κ3) is 8.27. The van der Waals surface area contributed by atoms with Crippen molar-refractivity contribution in [2.45, 2.75) is 32.9 Å². The second-order valence-electron chi connectivity index (χ2n) is 9.49. The number of carbonyl (C=O) groups is 2. The largest absolute Gasteiger partial charge is 0.495 e. The van der Waals surface area contributed by atoms with E-state index in [1.807, 2.05) is 61.5 Å². The molecule has 3 aromatic carbocycles. The Morgan fingerprint density at radius 2 is 1.71 bits per heavy atom. The van der Waals surface area contributed by atoms with Gasteiger partial charge in [0.05, 0.1) is 18.3 Å². The molecule has 41 heavy (non-hydrogen) atoms. The lowest BCUT2D eigenvalue weighted by atomic mass is 10.0. The number of methoxy groups -OCH3 is 1. The molecule has 0 saturated carbocycles. The fourth-order valence-corrected chi connectivity index (χ4v) is 5.28. The van der Waals surface area contributed by atoms with E-state index in [0.717, 1.165) is 33.3 Å². The number of sulfonamides is 1. The van der Waals surface area contributed by atoms with Crippen LogP contribution in [0.2, 0.25) is 0 Å². The molecule has 11 nitrogen and oxygen atoms in total. The quantitative estimate of drug-likeness (QED) is 0.241. The van der Waals surface area contributed by atoms with Crippen LogP contribution in [0, 0.1) is 17.0 Å². The highest BCUT2D eigenvalue weighted by molar-refractivity contribution is 7.92. The molecule has 0 aromatic heterocycles. The van der Waals surface area contributed by atoms with Crippen LogP contribution < -0.4 is 14.4 Å². The molecule has 0 radical (unpaired) electrons. The summed E-state index contributed by atoms with van der Waals surface area (Å²) in [7, 11) is -2.84. The summed E-state index contributed by atoms with van der Waals surface area (Å²) < 4.78 is 32.0. The van der Waals surface area contributed by atoms with Crippen molar-refractivity contribution in [3.63, 3.8) is 0 Å². The number of ether oxygens (including phenoxy) is 1. The molecule has 0 bridgehead atoms. The van der Waals surface area contributed by atoms with Crippen molar-refractivity contribution in [1.29, 1.82) is 0 Å². The Hall–Kier alpha value is -4.45. The van der Waals surface area contributed by atoms with Crippen LogP contribution in [-0.2, 0) is 32.6 Å². The number of nitrogens with one attached hydrogen (secondary N) is 1. The van der Waals surface area contributed by atoms with Crippen LogP contribution >= 0.6 is 0 Å². The van der Waals surface area contributed by atoms with Gasteiger partial charge in [0.2, 0.25) is 21.8 Å². The summed E-state index contributed by atoms with van der Waals surface area (Å²) in [6, 6.07) is 19.2. The average Bonchev–Trinajstić information content (AvgIpc) is 2.93.